The van der Waals surface area contributed by atoms with E-state index in [-0.39, 0.29) is 12.3 Å². The standard InChI is InChI=1S/C14H12BrFN2O2/c1-20-12-3-2-11(16)6-9(12)7-14(19)18-13-8-10(15)4-5-17-13/h2-6,8H,7H2,1H3,(H,17,18,19). The second-order valence-corrected chi connectivity index (χ2v) is 4.96. The molecule has 0 aliphatic carbocycles. The normalized spacial score (nSPS) is 10.2. The van der Waals surface area contributed by atoms with Crippen molar-refractivity contribution >= 4 is 27.7 Å². The van der Waals surface area contributed by atoms with Crippen molar-refractivity contribution in [2.75, 3.05) is 12.4 Å². The predicted octanol–water partition coefficient (Wildman–Crippen LogP) is 3.17. The average molecular weight is 339 g/mol. The zero-order chi connectivity index (χ0) is 14.5. The Labute approximate surface area is 124 Å². The van der Waals surface area contributed by atoms with Crippen molar-refractivity contribution in [3.63, 3.8) is 0 Å². The smallest absolute Gasteiger partial charge is 0.230 e. The highest BCUT2D eigenvalue weighted by molar-refractivity contribution is 9.10. The summed E-state index contributed by atoms with van der Waals surface area (Å²) in [6.07, 6.45) is 1.58. The van der Waals surface area contributed by atoms with Gasteiger partial charge in [-0.2, -0.15) is 0 Å². The lowest BCUT2D eigenvalue weighted by Gasteiger charge is -2.09. The maximum Gasteiger partial charge on any atom is 0.230 e. The summed E-state index contributed by atoms with van der Waals surface area (Å²) in [5, 5.41) is 2.64. The number of aromatic nitrogens is 1. The molecule has 1 aromatic carbocycles. The Kier molecular flexibility index (Phi) is 4.68. The number of halogens is 2. The number of hydrogen-bond acceptors (Lipinski definition) is 3. The fourth-order valence-corrected chi connectivity index (χ4v) is 2.05. The van der Waals surface area contributed by atoms with Crippen molar-refractivity contribution in [3.05, 3.63) is 52.4 Å². The minimum Gasteiger partial charge on any atom is -0.496 e. The summed E-state index contributed by atoms with van der Waals surface area (Å²) in [5.74, 6) is 0.206. The summed E-state index contributed by atoms with van der Waals surface area (Å²) >= 11 is 3.29. The third-order valence-corrected chi connectivity index (χ3v) is 3.08. The highest BCUT2D eigenvalue weighted by Crippen LogP contribution is 2.20. The van der Waals surface area contributed by atoms with Crippen molar-refractivity contribution in [1.29, 1.82) is 0 Å². The van der Waals surface area contributed by atoms with Gasteiger partial charge in [0.15, 0.2) is 0 Å². The fraction of sp³-hybridized carbons (Fsp3) is 0.143. The number of pyridine rings is 1. The number of amides is 1. The summed E-state index contributed by atoms with van der Waals surface area (Å²) in [5.41, 5.74) is 0.486. The molecule has 0 saturated carbocycles. The molecule has 0 atom stereocenters. The molecule has 0 aliphatic heterocycles. The van der Waals surface area contributed by atoms with Gasteiger partial charge in [0.05, 0.1) is 13.5 Å². The molecule has 1 N–H and O–H groups in total. The van der Waals surface area contributed by atoms with Gasteiger partial charge in [0, 0.05) is 16.2 Å². The summed E-state index contributed by atoms with van der Waals surface area (Å²) < 4.78 is 19.1. The van der Waals surface area contributed by atoms with Crippen LogP contribution in [0.3, 0.4) is 0 Å². The molecule has 0 unspecified atom stereocenters. The fourth-order valence-electron chi connectivity index (χ4n) is 1.72. The first-order valence-corrected chi connectivity index (χ1v) is 6.61. The van der Waals surface area contributed by atoms with E-state index in [9.17, 15) is 9.18 Å². The molecule has 1 amide bonds. The molecule has 2 aromatic rings. The molecule has 0 spiro atoms. The molecular weight excluding hydrogens is 327 g/mol. The van der Waals surface area contributed by atoms with Crippen LogP contribution in [-0.2, 0) is 11.2 Å². The first-order chi connectivity index (χ1) is 9.58. The molecule has 6 heteroatoms. The van der Waals surface area contributed by atoms with Crippen molar-refractivity contribution in [1.82, 2.24) is 4.98 Å². The molecular formula is C14H12BrFN2O2. The maximum absolute atomic E-state index is 13.2. The minimum absolute atomic E-state index is 0.00905. The molecule has 1 heterocycles. The minimum atomic E-state index is -0.408. The molecule has 0 radical (unpaired) electrons. The van der Waals surface area contributed by atoms with Crippen molar-refractivity contribution in [2.24, 2.45) is 0 Å². The van der Waals surface area contributed by atoms with Gasteiger partial charge >= 0.3 is 0 Å². The van der Waals surface area contributed by atoms with E-state index in [1.807, 2.05) is 0 Å². The predicted molar refractivity (Wildman–Crippen MR) is 77.2 cm³/mol. The molecule has 20 heavy (non-hydrogen) atoms. The van der Waals surface area contributed by atoms with Gasteiger partial charge < -0.3 is 10.1 Å². The topological polar surface area (TPSA) is 51.2 Å². The zero-order valence-electron chi connectivity index (χ0n) is 10.7. The molecule has 104 valence electrons. The third kappa shape index (κ3) is 3.77. The van der Waals surface area contributed by atoms with E-state index < -0.39 is 5.82 Å². The molecule has 0 saturated heterocycles. The summed E-state index contributed by atoms with van der Waals surface area (Å²) in [6.45, 7) is 0. The van der Waals surface area contributed by atoms with Crippen LogP contribution in [-0.4, -0.2) is 18.0 Å². The van der Waals surface area contributed by atoms with Crippen LogP contribution in [0.1, 0.15) is 5.56 Å². The second kappa shape index (κ2) is 6.47. The van der Waals surface area contributed by atoms with Gasteiger partial charge in [0.1, 0.15) is 17.4 Å². The lowest BCUT2D eigenvalue weighted by atomic mass is 10.1. The van der Waals surface area contributed by atoms with Gasteiger partial charge in [-0.05, 0) is 30.3 Å². The molecule has 0 bridgehead atoms. The van der Waals surface area contributed by atoms with E-state index in [1.54, 1.807) is 18.3 Å². The van der Waals surface area contributed by atoms with E-state index >= 15 is 0 Å². The van der Waals surface area contributed by atoms with Crippen molar-refractivity contribution in [3.8, 4) is 5.75 Å². The monoisotopic (exact) mass is 338 g/mol. The van der Waals surface area contributed by atoms with E-state index in [2.05, 4.69) is 26.2 Å². The molecule has 1 aromatic heterocycles. The zero-order valence-corrected chi connectivity index (χ0v) is 12.3. The molecule has 2 rings (SSSR count). The van der Waals surface area contributed by atoms with E-state index in [1.165, 1.54) is 25.3 Å². The number of rotatable bonds is 4. The Morgan fingerprint density at radius 1 is 1.40 bits per heavy atom. The van der Waals surface area contributed by atoms with E-state index in [0.717, 1.165) is 4.47 Å². The summed E-state index contributed by atoms with van der Waals surface area (Å²) in [7, 11) is 1.48. The van der Waals surface area contributed by atoms with Crippen LogP contribution >= 0.6 is 15.9 Å². The van der Waals surface area contributed by atoms with Crippen LogP contribution in [0.2, 0.25) is 0 Å². The number of methoxy groups -OCH3 is 1. The van der Waals surface area contributed by atoms with Gasteiger partial charge in [-0.15, -0.1) is 0 Å². The Morgan fingerprint density at radius 2 is 2.20 bits per heavy atom. The van der Waals surface area contributed by atoms with Crippen molar-refractivity contribution in [2.45, 2.75) is 6.42 Å². The quantitative estimate of drug-likeness (QED) is 0.931. The average Bonchev–Trinajstić information content (AvgIpc) is 2.38. The lowest BCUT2D eigenvalue weighted by Crippen LogP contribution is -2.15. The van der Waals surface area contributed by atoms with E-state index in [0.29, 0.717) is 17.1 Å². The molecule has 4 nitrogen and oxygen atoms in total. The van der Waals surface area contributed by atoms with Crippen LogP contribution in [0.25, 0.3) is 0 Å². The SMILES string of the molecule is COc1ccc(F)cc1CC(=O)Nc1cc(Br)ccn1. The van der Waals surface area contributed by atoms with Crippen LogP contribution in [0.4, 0.5) is 10.2 Å². The van der Waals surface area contributed by atoms with Gasteiger partial charge in [-0.1, -0.05) is 15.9 Å². The Morgan fingerprint density at radius 3 is 2.90 bits per heavy atom. The van der Waals surface area contributed by atoms with Crippen LogP contribution in [0.15, 0.2) is 41.0 Å². The largest absolute Gasteiger partial charge is 0.496 e. The first-order valence-electron chi connectivity index (χ1n) is 5.82. The second-order valence-electron chi connectivity index (χ2n) is 4.04. The number of nitrogens with one attached hydrogen (secondary N) is 1. The third-order valence-electron chi connectivity index (χ3n) is 2.58. The highest BCUT2D eigenvalue weighted by atomic mass is 79.9. The summed E-state index contributed by atoms with van der Waals surface area (Å²) in [4.78, 5) is 15.9. The molecule has 0 fully saturated rings. The van der Waals surface area contributed by atoms with E-state index in [4.69, 9.17) is 4.74 Å². The number of carbonyl (C=O) groups excluding carboxylic acids is 1. The summed E-state index contributed by atoms with van der Waals surface area (Å²) in [6, 6.07) is 7.50. The number of carbonyl (C=O) groups is 1. The maximum atomic E-state index is 13.2. The van der Waals surface area contributed by atoms with Crippen LogP contribution in [0, 0.1) is 5.82 Å². The van der Waals surface area contributed by atoms with Gasteiger partial charge in [-0.25, -0.2) is 9.37 Å². The Bertz CT molecular complexity index is 634. The highest BCUT2D eigenvalue weighted by Gasteiger charge is 2.10. The number of benzene rings is 1. The molecule has 0 aliphatic rings. The number of anilines is 1. The lowest BCUT2D eigenvalue weighted by molar-refractivity contribution is -0.115. The Hall–Kier alpha value is -1.95. The number of hydrogen-bond donors (Lipinski definition) is 1. The number of nitrogens with zero attached hydrogens (tertiary/aromatic N) is 1. The van der Waals surface area contributed by atoms with Crippen LogP contribution < -0.4 is 10.1 Å². The van der Waals surface area contributed by atoms with Gasteiger partial charge in [0.2, 0.25) is 5.91 Å². The van der Waals surface area contributed by atoms with Crippen LogP contribution in [0.5, 0.6) is 5.75 Å². The van der Waals surface area contributed by atoms with Gasteiger partial charge in [-0.3, -0.25) is 4.79 Å². The Balaban J connectivity index is 2.10. The first kappa shape index (κ1) is 14.5. The number of ether oxygens (including phenoxy) is 1. The van der Waals surface area contributed by atoms with Crippen molar-refractivity contribution < 1.29 is 13.9 Å². The van der Waals surface area contributed by atoms with Gasteiger partial charge in [0.25, 0.3) is 0 Å².